The predicted molar refractivity (Wildman–Crippen MR) is 53.5 cm³/mol. The van der Waals surface area contributed by atoms with Crippen LogP contribution in [0.15, 0.2) is 0 Å². The third-order valence-corrected chi connectivity index (χ3v) is 2.72. The van der Waals surface area contributed by atoms with Crippen molar-refractivity contribution in [2.45, 2.75) is 32.7 Å². The van der Waals surface area contributed by atoms with E-state index in [0.29, 0.717) is 0 Å². The molecule has 3 heteroatoms. The summed E-state index contributed by atoms with van der Waals surface area (Å²) in [5, 5.41) is 3.09. The summed E-state index contributed by atoms with van der Waals surface area (Å²) in [6.07, 6.45) is 0.914. The van der Waals surface area contributed by atoms with Crippen LogP contribution in [0.25, 0.3) is 0 Å². The van der Waals surface area contributed by atoms with E-state index in [1.807, 2.05) is 13.8 Å². The lowest BCUT2D eigenvalue weighted by atomic mass is 9.92. The van der Waals surface area contributed by atoms with Gasteiger partial charge in [0.2, 0.25) is 5.91 Å². The molecule has 1 heterocycles. The molecular formula is C10H20N2O. The van der Waals surface area contributed by atoms with E-state index < -0.39 is 0 Å². The molecule has 13 heavy (non-hydrogen) atoms. The lowest BCUT2D eigenvalue weighted by Crippen LogP contribution is -2.67. The van der Waals surface area contributed by atoms with Crippen molar-refractivity contribution in [1.29, 1.82) is 0 Å². The molecule has 0 aliphatic carbocycles. The van der Waals surface area contributed by atoms with Crippen LogP contribution in [-0.2, 0) is 4.79 Å². The van der Waals surface area contributed by atoms with Crippen LogP contribution in [0.1, 0.15) is 27.2 Å². The zero-order valence-electron chi connectivity index (χ0n) is 9.05. The van der Waals surface area contributed by atoms with E-state index >= 15 is 0 Å². The number of likely N-dealkylation sites (N-methyl/N-ethyl adjacent to an activating group) is 1. The van der Waals surface area contributed by atoms with Crippen LogP contribution in [0.4, 0.5) is 0 Å². The van der Waals surface area contributed by atoms with E-state index in [4.69, 9.17) is 0 Å². The Hall–Kier alpha value is -0.570. The van der Waals surface area contributed by atoms with Crippen molar-refractivity contribution in [1.82, 2.24) is 10.2 Å². The second kappa shape index (κ2) is 3.66. The third kappa shape index (κ3) is 2.44. The van der Waals surface area contributed by atoms with Gasteiger partial charge in [0.15, 0.2) is 0 Å². The predicted octanol–water partition coefficient (Wildman–Crippen LogP) is 0.853. The van der Waals surface area contributed by atoms with Gasteiger partial charge in [0.25, 0.3) is 0 Å². The van der Waals surface area contributed by atoms with Crippen molar-refractivity contribution in [3.05, 3.63) is 0 Å². The summed E-state index contributed by atoms with van der Waals surface area (Å²) in [4.78, 5) is 13.8. The fourth-order valence-electron chi connectivity index (χ4n) is 1.83. The second-order valence-corrected chi connectivity index (χ2v) is 4.53. The molecule has 3 nitrogen and oxygen atoms in total. The summed E-state index contributed by atoms with van der Waals surface area (Å²) in [5.74, 6) is 0.334. The summed E-state index contributed by atoms with van der Waals surface area (Å²) in [7, 11) is 2.07. The van der Waals surface area contributed by atoms with E-state index in [0.717, 1.165) is 19.5 Å². The Morgan fingerprint density at radius 3 is 2.54 bits per heavy atom. The Morgan fingerprint density at radius 2 is 2.15 bits per heavy atom. The first kappa shape index (κ1) is 10.5. The van der Waals surface area contributed by atoms with Crippen LogP contribution < -0.4 is 5.32 Å². The molecule has 0 radical (unpaired) electrons. The maximum atomic E-state index is 11.6. The Kier molecular flexibility index (Phi) is 2.96. The molecule has 76 valence electrons. The smallest absolute Gasteiger partial charge is 0.223 e. The number of carbonyl (C=O) groups excluding carboxylic acids is 1. The van der Waals surface area contributed by atoms with Gasteiger partial charge < -0.3 is 10.2 Å². The summed E-state index contributed by atoms with van der Waals surface area (Å²) in [5.41, 5.74) is 0.0231. The number of amides is 1. The van der Waals surface area contributed by atoms with E-state index in [9.17, 15) is 4.79 Å². The molecule has 1 aliphatic heterocycles. The summed E-state index contributed by atoms with van der Waals surface area (Å²) in [6, 6.07) is 0. The number of likely N-dealkylation sites (tertiary alicyclic amines) is 1. The van der Waals surface area contributed by atoms with Crippen molar-refractivity contribution in [3.63, 3.8) is 0 Å². The highest BCUT2D eigenvalue weighted by Gasteiger charge is 2.38. The quantitative estimate of drug-likeness (QED) is 0.705. The van der Waals surface area contributed by atoms with E-state index in [1.54, 1.807) is 0 Å². The van der Waals surface area contributed by atoms with Crippen LogP contribution in [0.5, 0.6) is 0 Å². The van der Waals surface area contributed by atoms with Gasteiger partial charge in [-0.3, -0.25) is 4.79 Å². The molecule has 1 rings (SSSR count). The van der Waals surface area contributed by atoms with Crippen molar-refractivity contribution in [2.75, 3.05) is 20.1 Å². The minimum absolute atomic E-state index is 0.0231. The van der Waals surface area contributed by atoms with Crippen LogP contribution in [0.2, 0.25) is 0 Å². The maximum absolute atomic E-state index is 11.6. The molecule has 0 bridgehead atoms. The van der Waals surface area contributed by atoms with Crippen LogP contribution in [0.3, 0.4) is 0 Å². The van der Waals surface area contributed by atoms with Gasteiger partial charge in [-0.05, 0) is 20.4 Å². The van der Waals surface area contributed by atoms with E-state index in [1.165, 1.54) is 0 Å². The molecule has 1 unspecified atom stereocenters. The second-order valence-electron chi connectivity index (χ2n) is 4.53. The van der Waals surface area contributed by atoms with Gasteiger partial charge in [0.1, 0.15) is 0 Å². The average Bonchev–Trinajstić information content (AvgIpc) is 2.00. The van der Waals surface area contributed by atoms with Crippen molar-refractivity contribution in [3.8, 4) is 0 Å². The number of hydrogen-bond donors (Lipinski definition) is 1. The highest BCUT2D eigenvalue weighted by molar-refractivity contribution is 5.79. The Labute approximate surface area is 80.5 Å². The fraction of sp³-hybridized carbons (Fsp3) is 0.900. The van der Waals surface area contributed by atoms with Crippen LogP contribution in [-0.4, -0.2) is 36.5 Å². The van der Waals surface area contributed by atoms with Crippen molar-refractivity contribution in [2.24, 2.45) is 5.92 Å². The van der Waals surface area contributed by atoms with Gasteiger partial charge >= 0.3 is 0 Å². The minimum atomic E-state index is 0.0231. The standard InChI is InChI=1S/C10H20N2O/c1-5-8(2)9(13)11-10(3)6-12(4)7-10/h8H,5-7H2,1-4H3,(H,11,13). The molecule has 1 aliphatic rings. The van der Waals surface area contributed by atoms with Crippen LogP contribution >= 0.6 is 0 Å². The monoisotopic (exact) mass is 184 g/mol. The minimum Gasteiger partial charge on any atom is -0.348 e. The molecule has 0 aromatic rings. The molecule has 0 saturated carbocycles. The Balaban J connectivity index is 2.36. The Bertz CT molecular complexity index is 197. The lowest BCUT2D eigenvalue weighted by molar-refractivity contribution is -0.128. The molecule has 0 spiro atoms. The molecule has 0 aromatic heterocycles. The molecule has 1 amide bonds. The van der Waals surface area contributed by atoms with Gasteiger partial charge in [-0.1, -0.05) is 13.8 Å². The van der Waals surface area contributed by atoms with Gasteiger partial charge in [0.05, 0.1) is 5.54 Å². The third-order valence-electron chi connectivity index (χ3n) is 2.72. The van der Waals surface area contributed by atoms with Gasteiger partial charge in [-0.15, -0.1) is 0 Å². The number of nitrogens with zero attached hydrogens (tertiary/aromatic N) is 1. The lowest BCUT2D eigenvalue weighted by Gasteiger charge is -2.46. The highest BCUT2D eigenvalue weighted by atomic mass is 16.2. The number of rotatable bonds is 3. The van der Waals surface area contributed by atoms with E-state index in [-0.39, 0.29) is 17.4 Å². The first-order valence-corrected chi connectivity index (χ1v) is 4.97. The van der Waals surface area contributed by atoms with Gasteiger partial charge in [-0.2, -0.15) is 0 Å². The van der Waals surface area contributed by atoms with Gasteiger partial charge in [0, 0.05) is 19.0 Å². The fourth-order valence-corrected chi connectivity index (χ4v) is 1.83. The average molecular weight is 184 g/mol. The maximum Gasteiger partial charge on any atom is 0.223 e. The molecule has 1 atom stereocenters. The SMILES string of the molecule is CCC(C)C(=O)NC1(C)CN(C)C1. The largest absolute Gasteiger partial charge is 0.348 e. The topological polar surface area (TPSA) is 32.3 Å². The molecule has 1 fully saturated rings. The first-order valence-electron chi connectivity index (χ1n) is 4.97. The summed E-state index contributed by atoms with van der Waals surface area (Å²) in [6.45, 7) is 8.05. The van der Waals surface area contributed by atoms with Crippen molar-refractivity contribution < 1.29 is 4.79 Å². The summed E-state index contributed by atoms with van der Waals surface area (Å²) >= 11 is 0. The zero-order valence-corrected chi connectivity index (χ0v) is 9.05. The number of nitrogens with one attached hydrogen (secondary N) is 1. The van der Waals surface area contributed by atoms with Gasteiger partial charge in [-0.25, -0.2) is 0 Å². The molecule has 0 aromatic carbocycles. The summed E-state index contributed by atoms with van der Waals surface area (Å²) < 4.78 is 0. The van der Waals surface area contributed by atoms with E-state index in [2.05, 4.69) is 24.2 Å². The molecular weight excluding hydrogens is 164 g/mol. The Morgan fingerprint density at radius 1 is 1.62 bits per heavy atom. The van der Waals surface area contributed by atoms with Crippen LogP contribution in [0, 0.1) is 5.92 Å². The first-order chi connectivity index (χ1) is 5.97. The highest BCUT2D eigenvalue weighted by Crippen LogP contribution is 2.18. The normalized spacial score (nSPS) is 23.4. The molecule has 1 saturated heterocycles. The van der Waals surface area contributed by atoms with Crippen molar-refractivity contribution >= 4 is 5.91 Å². The zero-order chi connectivity index (χ0) is 10.1. The number of hydrogen-bond acceptors (Lipinski definition) is 2. The number of carbonyl (C=O) groups is 1. The molecule has 1 N–H and O–H groups in total.